The number of aliphatic carboxylic acids is 1. The normalized spacial score (nSPS) is 33.2. The number of allylic oxidation sites excluding steroid dienone is 2. The summed E-state index contributed by atoms with van der Waals surface area (Å²) in [5, 5.41) is 9.48. The fourth-order valence-electron chi connectivity index (χ4n) is 1.71. The minimum atomic E-state index is -0.723. The van der Waals surface area contributed by atoms with Crippen LogP contribution in [0.4, 0.5) is 0 Å². The molecule has 1 aliphatic carbocycles. The smallest absolute Gasteiger partial charge is 0.307 e. The Labute approximate surface area is 77.2 Å². The molecule has 1 N–H and O–H groups in total. The predicted molar refractivity (Wildman–Crippen MR) is 48.0 cm³/mol. The van der Waals surface area contributed by atoms with Gasteiger partial charge in [0.15, 0.2) is 0 Å². The second kappa shape index (κ2) is 2.77. The van der Waals surface area contributed by atoms with E-state index in [1.54, 1.807) is 6.92 Å². The average molecular weight is 189 g/mol. The lowest BCUT2D eigenvalue weighted by Crippen LogP contribution is -2.02. The highest BCUT2D eigenvalue weighted by atomic mass is 35.5. The fourth-order valence-corrected chi connectivity index (χ4v) is 1.84. The molecule has 0 radical (unpaired) electrons. The van der Waals surface area contributed by atoms with Gasteiger partial charge in [0.2, 0.25) is 0 Å². The lowest BCUT2D eigenvalue weighted by atomic mass is 10.1. The summed E-state index contributed by atoms with van der Waals surface area (Å²) in [5.41, 5.74) is -0.123. The maximum Gasteiger partial charge on any atom is 0.307 e. The largest absolute Gasteiger partial charge is 0.481 e. The van der Waals surface area contributed by atoms with E-state index in [1.165, 1.54) is 0 Å². The lowest BCUT2D eigenvalue weighted by molar-refractivity contribution is -0.139. The van der Waals surface area contributed by atoms with Crippen LogP contribution in [0.1, 0.15) is 20.8 Å². The van der Waals surface area contributed by atoms with Crippen LogP contribution in [0.5, 0.6) is 0 Å². The molecule has 0 aliphatic heterocycles. The monoisotopic (exact) mass is 188 g/mol. The molecule has 0 spiro atoms. The van der Waals surface area contributed by atoms with Crippen LogP contribution in [0.3, 0.4) is 0 Å². The molecule has 12 heavy (non-hydrogen) atoms. The van der Waals surface area contributed by atoms with Crippen LogP contribution in [-0.4, -0.2) is 11.1 Å². The molecule has 1 aliphatic rings. The van der Waals surface area contributed by atoms with Crippen LogP contribution in [0.25, 0.3) is 0 Å². The minimum absolute atomic E-state index is 0.104. The van der Waals surface area contributed by atoms with Crippen molar-refractivity contribution >= 4 is 17.6 Å². The molecule has 0 saturated heterocycles. The molecule has 1 saturated carbocycles. The Morgan fingerprint density at radius 3 is 2.33 bits per heavy atom. The molecule has 0 unspecified atom stereocenters. The third kappa shape index (κ3) is 1.48. The second-order valence-electron chi connectivity index (χ2n) is 3.92. The van der Waals surface area contributed by atoms with Gasteiger partial charge in [-0.2, -0.15) is 0 Å². The maximum atomic E-state index is 10.7. The van der Waals surface area contributed by atoms with Crippen LogP contribution in [0, 0.1) is 17.3 Å². The molecule has 1 rings (SSSR count). The van der Waals surface area contributed by atoms with E-state index in [9.17, 15) is 4.79 Å². The van der Waals surface area contributed by atoms with E-state index in [0.717, 1.165) is 0 Å². The molecule has 2 nitrogen and oxygen atoms in total. The van der Waals surface area contributed by atoms with Crippen molar-refractivity contribution in [3.05, 3.63) is 11.1 Å². The summed E-state index contributed by atoms with van der Waals surface area (Å²) in [6.07, 6.45) is 1.83. The zero-order valence-corrected chi connectivity index (χ0v) is 8.22. The minimum Gasteiger partial charge on any atom is -0.481 e. The summed E-state index contributed by atoms with van der Waals surface area (Å²) in [6.45, 7) is 5.68. The molecule has 2 atom stereocenters. The topological polar surface area (TPSA) is 37.3 Å². The average Bonchev–Trinajstić information content (AvgIpc) is 2.32. The predicted octanol–water partition coefficient (Wildman–Crippen LogP) is 2.49. The molecule has 0 aromatic rings. The molecule has 68 valence electrons. The zero-order chi connectivity index (χ0) is 9.52. The molecule has 0 bridgehead atoms. The Morgan fingerprint density at radius 1 is 1.58 bits per heavy atom. The van der Waals surface area contributed by atoms with Crippen LogP contribution in [0.15, 0.2) is 11.1 Å². The first kappa shape index (κ1) is 9.59. The van der Waals surface area contributed by atoms with Gasteiger partial charge in [0.25, 0.3) is 0 Å². The van der Waals surface area contributed by atoms with E-state index in [-0.39, 0.29) is 17.3 Å². The SMILES string of the molecule is CC(Cl)=C[C@H]1[C@H](C(=O)O)C1(C)C. The number of rotatable bonds is 2. The van der Waals surface area contributed by atoms with Gasteiger partial charge in [-0.25, -0.2) is 0 Å². The molecular formula is C9H13ClO2. The highest BCUT2D eigenvalue weighted by molar-refractivity contribution is 6.29. The number of carboxylic acids is 1. The first-order chi connectivity index (χ1) is 5.37. The lowest BCUT2D eigenvalue weighted by Gasteiger charge is -1.96. The molecule has 0 aromatic carbocycles. The van der Waals surface area contributed by atoms with Crippen LogP contribution >= 0.6 is 11.6 Å². The van der Waals surface area contributed by atoms with Crippen molar-refractivity contribution in [1.29, 1.82) is 0 Å². The summed E-state index contributed by atoms with van der Waals surface area (Å²) in [5.74, 6) is -0.877. The Kier molecular flexibility index (Phi) is 2.21. The van der Waals surface area contributed by atoms with E-state index in [1.807, 2.05) is 19.9 Å². The zero-order valence-electron chi connectivity index (χ0n) is 7.47. The Balaban J connectivity index is 2.73. The number of carboxylic acid groups (broad SMARTS) is 1. The summed E-state index contributed by atoms with van der Waals surface area (Å²) in [4.78, 5) is 10.7. The van der Waals surface area contributed by atoms with E-state index in [0.29, 0.717) is 5.03 Å². The maximum absolute atomic E-state index is 10.7. The van der Waals surface area contributed by atoms with E-state index in [2.05, 4.69) is 0 Å². The highest BCUT2D eigenvalue weighted by Gasteiger charge is 2.60. The van der Waals surface area contributed by atoms with Crippen molar-refractivity contribution in [3.8, 4) is 0 Å². The third-order valence-corrected chi connectivity index (χ3v) is 2.71. The molecular weight excluding hydrogens is 176 g/mol. The van der Waals surface area contributed by atoms with Crippen molar-refractivity contribution in [1.82, 2.24) is 0 Å². The van der Waals surface area contributed by atoms with Crippen molar-refractivity contribution in [2.45, 2.75) is 20.8 Å². The number of hydrogen-bond acceptors (Lipinski definition) is 1. The Bertz CT molecular complexity index is 239. The Morgan fingerprint density at radius 2 is 2.08 bits per heavy atom. The van der Waals surface area contributed by atoms with Crippen LogP contribution in [0.2, 0.25) is 0 Å². The summed E-state index contributed by atoms with van der Waals surface area (Å²) >= 11 is 5.68. The standard InChI is InChI=1S/C9H13ClO2/c1-5(10)4-6-7(8(11)12)9(6,2)3/h4,6-7H,1-3H3,(H,11,12)/t6-,7+/m0/s1. The van der Waals surface area contributed by atoms with E-state index < -0.39 is 5.97 Å². The van der Waals surface area contributed by atoms with Gasteiger partial charge in [0, 0.05) is 5.03 Å². The number of halogens is 1. The fraction of sp³-hybridized carbons (Fsp3) is 0.667. The number of carbonyl (C=O) groups is 1. The molecule has 0 aromatic heterocycles. The summed E-state index contributed by atoms with van der Waals surface area (Å²) < 4.78 is 0. The van der Waals surface area contributed by atoms with Crippen molar-refractivity contribution in [3.63, 3.8) is 0 Å². The van der Waals surface area contributed by atoms with Crippen LogP contribution < -0.4 is 0 Å². The van der Waals surface area contributed by atoms with E-state index in [4.69, 9.17) is 16.7 Å². The molecule has 3 heteroatoms. The highest BCUT2D eigenvalue weighted by Crippen LogP contribution is 2.59. The van der Waals surface area contributed by atoms with Crippen molar-refractivity contribution in [2.75, 3.05) is 0 Å². The first-order valence-electron chi connectivity index (χ1n) is 3.94. The third-order valence-electron chi connectivity index (χ3n) is 2.59. The van der Waals surface area contributed by atoms with Crippen molar-refractivity contribution in [2.24, 2.45) is 17.3 Å². The van der Waals surface area contributed by atoms with Gasteiger partial charge in [-0.15, -0.1) is 0 Å². The van der Waals surface area contributed by atoms with Gasteiger partial charge >= 0.3 is 5.97 Å². The summed E-state index contributed by atoms with van der Waals surface area (Å²) in [6, 6.07) is 0. The van der Waals surface area contributed by atoms with Crippen LogP contribution in [-0.2, 0) is 4.79 Å². The molecule has 0 amide bonds. The van der Waals surface area contributed by atoms with Gasteiger partial charge in [-0.05, 0) is 18.3 Å². The van der Waals surface area contributed by atoms with Gasteiger partial charge in [0.05, 0.1) is 5.92 Å². The first-order valence-corrected chi connectivity index (χ1v) is 4.32. The quantitative estimate of drug-likeness (QED) is 0.723. The van der Waals surface area contributed by atoms with Gasteiger partial charge in [-0.1, -0.05) is 31.5 Å². The summed E-state index contributed by atoms with van der Waals surface area (Å²) in [7, 11) is 0. The molecule has 1 fully saturated rings. The van der Waals surface area contributed by atoms with Crippen molar-refractivity contribution < 1.29 is 9.90 Å². The van der Waals surface area contributed by atoms with Gasteiger partial charge in [-0.3, -0.25) is 4.79 Å². The molecule has 0 heterocycles. The number of hydrogen-bond donors (Lipinski definition) is 1. The van der Waals surface area contributed by atoms with E-state index >= 15 is 0 Å². The van der Waals surface area contributed by atoms with Gasteiger partial charge < -0.3 is 5.11 Å². The Hall–Kier alpha value is -0.500. The van der Waals surface area contributed by atoms with Gasteiger partial charge in [0.1, 0.15) is 0 Å². The second-order valence-corrected chi connectivity index (χ2v) is 4.51.